The van der Waals surface area contributed by atoms with Crippen molar-refractivity contribution in [3.8, 4) is 11.3 Å². The Morgan fingerprint density at radius 3 is 2.64 bits per heavy atom. The van der Waals surface area contributed by atoms with Crippen LogP contribution in [-0.4, -0.2) is 21.7 Å². The summed E-state index contributed by atoms with van der Waals surface area (Å²) in [5.41, 5.74) is -0.511. The summed E-state index contributed by atoms with van der Waals surface area (Å²) in [6.45, 7) is 10.9. The summed E-state index contributed by atoms with van der Waals surface area (Å²) in [4.78, 5) is 19.6. The molecular formula is C19H24FN3O2. The van der Waals surface area contributed by atoms with Gasteiger partial charge < -0.3 is 15.0 Å². The first-order valence-electron chi connectivity index (χ1n) is 8.07. The van der Waals surface area contributed by atoms with E-state index in [1.165, 1.54) is 6.07 Å². The van der Waals surface area contributed by atoms with Crippen LogP contribution in [0.3, 0.4) is 0 Å². The predicted octanol–water partition coefficient (Wildman–Crippen LogP) is 4.53. The van der Waals surface area contributed by atoms with Crippen molar-refractivity contribution in [2.75, 3.05) is 0 Å². The molecule has 2 rings (SSSR count). The molecule has 1 amide bonds. The minimum absolute atomic E-state index is 0.344. The SMILES string of the molecule is C=CC[C@](C)(NC(=O)OC(C)(C)C)c1ncc(-c2ccccc2F)[nH]1. The summed E-state index contributed by atoms with van der Waals surface area (Å²) in [5, 5.41) is 2.83. The molecule has 25 heavy (non-hydrogen) atoms. The van der Waals surface area contributed by atoms with E-state index in [1.54, 1.807) is 51.2 Å². The maximum absolute atomic E-state index is 14.0. The Bertz CT molecular complexity index is 764. The minimum Gasteiger partial charge on any atom is -0.444 e. The first kappa shape index (κ1) is 18.7. The molecule has 1 atom stereocenters. The Kier molecular flexibility index (Phi) is 5.30. The fourth-order valence-corrected chi connectivity index (χ4v) is 2.44. The van der Waals surface area contributed by atoms with E-state index >= 15 is 0 Å². The molecule has 0 spiro atoms. The van der Waals surface area contributed by atoms with E-state index in [4.69, 9.17) is 4.74 Å². The highest BCUT2D eigenvalue weighted by atomic mass is 19.1. The van der Waals surface area contributed by atoms with Gasteiger partial charge in [0, 0.05) is 5.56 Å². The molecule has 0 radical (unpaired) electrons. The highest BCUT2D eigenvalue weighted by Gasteiger charge is 2.32. The third-order valence-corrected chi connectivity index (χ3v) is 3.59. The molecule has 1 aromatic heterocycles. The molecule has 1 aromatic carbocycles. The molecule has 0 aliphatic heterocycles. The van der Waals surface area contributed by atoms with Gasteiger partial charge in [-0.2, -0.15) is 0 Å². The number of hydrogen-bond acceptors (Lipinski definition) is 3. The molecule has 0 saturated heterocycles. The molecule has 0 bridgehead atoms. The summed E-state index contributed by atoms with van der Waals surface area (Å²) < 4.78 is 19.3. The average Bonchev–Trinajstić information content (AvgIpc) is 2.96. The lowest BCUT2D eigenvalue weighted by Gasteiger charge is -2.29. The zero-order chi connectivity index (χ0) is 18.7. The quantitative estimate of drug-likeness (QED) is 0.782. The number of carbonyl (C=O) groups excluding carboxylic acids is 1. The van der Waals surface area contributed by atoms with Gasteiger partial charge in [0.15, 0.2) is 0 Å². The lowest BCUT2D eigenvalue weighted by atomic mass is 9.97. The summed E-state index contributed by atoms with van der Waals surface area (Å²) in [5.74, 6) is 0.153. The Morgan fingerprint density at radius 2 is 2.04 bits per heavy atom. The first-order valence-corrected chi connectivity index (χ1v) is 8.07. The van der Waals surface area contributed by atoms with E-state index in [0.29, 0.717) is 23.5 Å². The number of halogens is 1. The van der Waals surface area contributed by atoms with Crippen LogP contribution in [0.5, 0.6) is 0 Å². The van der Waals surface area contributed by atoms with E-state index in [-0.39, 0.29) is 5.82 Å². The molecule has 2 N–H and O–H groups in total. The van der Waals surface area contributed by atoms with Gasteiger partial charge in [-0.1, -0.05) is 18.2 Å². The van der Waals surface area contributed by atoms with Crippen molar-refractivity contribution >= 4 is 6.09 Å². The van der Waals surface area contributed by atoms with Crippen LogP contribution >= 0.6 is 0 Å². The number of aromatic amines is 1. The molecule has 5 nitrogen and oxygen atoms in total. The Labute approximate surface area is 147 Å². The lowest BCUT2D eigenvalue weighted by Crippen LogP contribution is -2.46. The van der Waals surface area contributed by atoms with Gasteiger partial charge in [-0.15, -0.1) is 6.58 Å². The van der Waals surface area contributed by atoms with Crippen molar-refractivity contribution in [3.05, 3.63) is 54.8 Å². The monoisotopic (exact) mass is 345 g/mol. The van der Waals surface area contributed by atoms with Gasteiger partial charge in [0.05, 0.1) is 11.9 Å². The molecule has 134 valence electrons. The fourth-order valence-electron chi connectivity index (χ4n) is 2.44. The highest BCUT2D eigenvalue weighted by molar-refractivity contribution is 5.69. The number of rotatable bonds is 5. The number of amides is 1. The number of nitrogens with zero attached hydrogens (tertiary/aromatic N) is 1. The molecule has 0 aliphatic rings. The smallest absolute Gasteiger partial charge is 0.408 e. The molecule has 0 unspecified atom stereocenters. The molecule has 0 aliphatic carbocycles. The van der Waals surface area contributed by atoms with Crippen LogP contribution in [0, 0.1) is 5.82 Å². The normalized spacial score (nSPS) is 13.8. The van der Waals surface area contributed by atoms with Crippen LogP contribution < -0.4 is 5.32 Å². The van der Waals surface area contributed by atoms with Crippen molar-refractivity contribution in [3.63, 3.8) is 0 Å². The molecular weight excluding hydrogens is 321 g/mol. The molecule has 2 aromatic rings. The van der Waals surface area contributed by atoms with Gasteiger partial charge >= 0.3 is 6.09 Å². The maximum atomic E-state index is 14.0. The molecule has 0 saturated carbocycles. The predicted molar refractivity (Wildman–Crippen MR) is 95.5 cm³/mol. The number of carbonyl (C=O) groups is 1. The van der Waals surface area contributed by atoms with Crippen molar-refractivity contribution in [1.82, 2.24) is 15.3 Å². The number of imidazole rings is 1. The average molecular weight is 345 g/mol. The number of aromatic nitrogens is 2. The second kappa shape index (κ2) is 7.09. The van der Waals surface area contributed by atoms with Crippen molar-refractivity contribution in [2.45, 2.75) is 45.3 Å². The van der Waals surface area contributed by atoms with Crippen LogP contribution in [0.1, 0.15) is 39.9 Å². The Balaban J connectivity index is 2.30. The molecule has 0 fully saturated rings. The van der Waals surface area contributed by atoms with Crippen molar-refractivity contribution < 1.29 is 13.9 Å². The number of alkyl carbamates (subject to hydrolysis) is 1. The van der Waals surface area contributed by atoms with Gasteiger partial charge in [0.25, 0.3) is 0 Å². The topological polar surface area (TPSA) is 67.0 Å². The second-order valence-electron chi connectivity index (χ2n) is 7.08. The lowest BCUT2D eigenvalue weighted by molar-refractivity contribution is 0.0457. The second-order valence-corrected chi connectivity index (χ2v) is 7.08. The number of H-pyrrole nitrogens is 1. The number of nitrogens with one attached hydrogen (secondary N) is 2. The summed E-state index contributed by atoms with van der Waals surface area (Å²) in [7, 11) is 0. The highest BCUT2D eigenvalue weighted by Crippen LogP contribution is 2.27. The maximum Gasteiger partial charge on any atom is 0.408 e. The Hall–Kier alpha value is -2.63. The number of hydrogen-bond donors (Lipinski definition) is 2. The third-order valence-electron chi connectivity index (χ3n) is 3.59. The van der Waals surface area contributed by atoms with Crippen LogP contribution in [0.4, 0.5) is 9.18 Å². The van der Waals surface area contributed by atoms with Crippen LogP contribution in [-0.2, 0) is 10.3 Å². The van der Waals surface area contributed by atoms with E-state index in [1.807, 2.05) is 6.92 Å². The van der Waals surface area contributed by atoms with Crippen LogP contribution in [0.2, 0.25) is 0 Å². The van der Waals surface area contributed by atoms with E-state index in [0.717, 1.165) is 0 Å². The number of benzene rings is 1. The van der Waals surface area contributed by atoms with Crippen molar-refractivity contribution in [2.24, 2.45) is 0 Å². The number of ether oxygens (including phenoxy) is 1. The summed E-state index contributed by atoms with van der Waals surface area (Å²) in [6.07, 6.45) is 3.10. The van der Waals surface area contributed by atoms with Gasteiger partial charge in [0.1, 0.15) is 22.8 Å². The standard InChI is InChI=1S/C19H24FN3O2/c1-6-11-19(5,23-17(24)25-18(2,3)4)16-21-12-15(22-16)13-9-7-8-10-14(13)20/h6-10,12H,1,11H2,2-5H3,(H,21,22)(H,23,24)/t19-/m0/s1. The largest absolute Gasteiger partial charge is 0.444 e. The molecule has 1 heterocycles. The van der Waals surface area contributed by atoms with E-state index < -0.39 is 17.2 Å². The van der Waals surface area contributed by atoms with Gasteiger partial charge in [-0.3, -0.25) is 0 Å². The van der Waals surface area contributed by atoms with Crippen LogP contribution in [0.25, 0.3) is 11.3 Å². The minimum atomic E-state index is -0.854. The van der Waals surface area contributed by atoms with Crippen LogP contribution in [0.15, 0.2) is 43.1 Å². The third kappa shape index (κ3) is 4.68. The summed E-state index contributed by atoms with van der Waals surface area (Å²) in [6, 6.07) is 6.43. The van der Waals surface area contributed by atoms with E-state index in [2.05, 4.69) is 21.9 Å². The fraction of sp³-hybridized carbons (Fsp3) is 0.368. The van der Waals surface area contributed by atoms with Gasteiger partial charge in [-0.05, 0) is 46.2 Å². The first-order chi connectivity index (χ1) is 11.6. The van der Waals surface area contributed by atoms with E-state index in [9.17, 15) is 9.18 Å². The zero-order valence-electron chi connectivity index (χ0n) is 15.0. The molecule has 6 heteroatoms. The summed E-state index contributed by atoms with van der Waals surface area (Å²) >= 11 is 0. The van der Waals surface area contributed by atoms with Gasteiger partial charge in [-0.25, -0.2) is 14.2 Å². The Morgan fingerprint density at radius 1 is 1.36 bits per heavy atom. The van der Waals surface area contributed by atoms with Crippen molar-refractivity contribution in [1.29, 1.82) is 0 Å². The zero-order valence-corrected chi connectivity index (χ0v) is 15.0. The van der Waals surface area contributed by atoms with Gasteiger partial charge in [0.2, 0.25) is 0 Å².